The van der Waals surface area contributed by atoms with E-state index in [4.69, 9.17) is 9.47 Å². The molecule has 7 nitrogen and oxygen atoms in total. The van der Waals surface area contributed by atoms with Gasteiger partial charge >= 0.3 is 11.0 Å². The fraction of sp³-hybridized carbons (Fsp3) is 0.733. The lowest BCUT2D eigenvalue weighted by atomic mass is 10.1. The quantitative estimate of drug-likeness (QED) is 0.594. The van der Waals surface area contributed by atoms with Crippen molar-refractivity contribution in [3.63, 3.8) is 0 Å². The van der Waals surface area contributed by atoms with Crippen LogP contribution in [0.3, 0.4) is 0 Å². The van der Waals surface area contributed by atoms with Gasteiger partial charge in [0, 0.05) is 37.3 Å². The molecule has 0 radical (unpaired) electrons. The third-order valence-corrected chi connectivity index (χ3v) is 3.64. The summed E-state index contributed by atoms with van der Waals surface area (Å²) in [6, 6.07) is 0.156. The fourth-order valence-electron chi connectivity index (χ4n) is 1.95. The first-order chi connectivity index (χ1) is 10.8. The Bertz CT molecular complexity index is 521. The van der Waals surface area contributed by atoms with Crippen molar-refractivity contribution in [2.45, 2.75) is 51.8 Å². The number of aromatic amines is 1. The van der Waals surface area contributed by atoms with E-state index < -0.39 is 11.7 Å². The maximum atomic E-state index is 11.5. The van der Waals surface area contributed by atoms with E-state index in [9.17, 15) is 9.59 Å². The second kappa shape index (κ2) is 9.69. The molecule has 23 heavy (non-hydrogen) atoms. The summed E-state index contributed by atoms with van der Waals surface area (Å²) in [4.78, 5) is 25.3. The zero-order valence-corrected chi connectivity index (χ0v) is 15.0. The topological polar surface area (TPSA) is 92.4 Å². The first-order valence-corrected chi connectivity index (χ1v) is 8.54. The Kier molecular flexibility index (Phi) is 8.29. The van der Waals surface area contributed by atoms with Gasteiger partial charge in [-0.05, 0) is 33.6 Å². The lowest BCUT2D eigenvalue weighted by molar-refractivity contribution is 0.0526. The molecule has 0 aliphatic heterocycles. The predicted octanol–water partition coefficient (Wildman–Crippen LogP) is 1.85. The van der Waals surface area contributed by atoms with Gasteiger partial charge in [-0.2, -0.15) is 0 Å². The van der Waals surface area contributed by atoms with Crippen LogP contribution >= 0.6 is 11.3 Å². The number of carbonyl (C=O) groups excluding carboxylic acids is 1. The predicted molar refractivity (Wildman–Crippen MR) is 90.9 cm³/mol. The molecule has 1 aromatic heterocycles. The summed E-state index contributed by atoms with van der Waals surface area (Å²) in [7, 11) is 1.65. The molecule has 1 atom stereocenters. The van der Waals surface area contributed by atoms with Crippen LogP contribution in [-0.2, 0) is 16.0 Å². The van der Waals surface area contributed by atoms with E-state index >= 15 is 0 Å². The van der Waals surface area contributed by atoms with Crippen LogP contribution in [0.15, 0.2) is 10.2 Å². The molecule has 0 fully saturated rings. The van der Waals surface area contributed by atoms with Crippen LogP contribution in [0.1, 0.15) is 39.3 Å². The van der Waals surface area contributed by atoms with Crippen molar-refractivity contribution < 1.29 is 14.3 Å². The van der Waals surface area contributed by atoms with Gasteiger partial charge in [0.05, 0.1) is 6.61 Å². The van der Waals surface area contributed by atoms with Gasteiger partial charge in [0.1, 0.15) is 5.60 Å². The van der Waals surface area contributed by atoms with Gasteiger partial charge in [-0.15, -0.1) is 0 Å². The smallest absolute Gasteiger partial charge is 0.407 e. The van der Waals surface area contributed by atoms with E-state index in [0.717, 1.165) is 29.9 Å². The van der Waals surface area contributed by atoms with Gasteiger partial charge in [0.25, 0.3) is 0 Å². The number of hydrogen-bond acceptors (Lipinski definition) is 6. The standard InChI is InChI=1S/C15H27N3O4S/c1-15(2,3)22-13(19)16-7-5-6-11(9-21-4)17-8-12-10-23-14(20)18-12/h10-11,17H,5-9H2,1-4H3,(H,16,19)(H,18,20). The molecule has 1 amide bonds. The number of methoxy groups -OCH3 is 1. The van der Waals surface area contributed by atoms with Crippen molar-refractivity contribution >= 4 is 17.4 Å². The van der Waals surface area contributed by atoms with Gasteiger partial charge in [0.2, 0.25) is 0 Å². The van der Waals surface area contributed by atoms with Gasteiger partial charge in [0.15, 0.2) is 0 Å². The maximum Gasteiger partial charge on any atom is 0.407 e. The van der Waals surface area contributed by atoms with Crippen molar-refractivity contribution in [2.75, 3.05) is 20.3 Å². The van der Waals surface area contributed by atoms with E-state index in [0.29, 0.717) is 19.7 Å². The Morgan fingerprint density at radius 3 is 2.74 bits per heavy atom. The van der Waals surface area contributed by atoms with Crippen molar-refractivity contribution in [1.82, 2.24) is 15.6 Å². The first-order valence-electron chi connectivity index (χ1n) is 7.66. The molecule has 0 saturated carbocycles. The van der Waals surface area contributed by atoms with Gasteiger partial charge in [-0.1, -0.05) is 11.3 Å². The molecule has 0 aliphatic carbocycles. The third-order valence-electron chi connectivity index (χ3n) is 2.92. The Labute approximate surface area is 140 Å². The molecule has 0 bridgehead atoms. The minimum absolute atomic E-state index is 0.0494. The molecule has 1 rings (SSSR count). The highest BCUT2D eigenvalue weighted by Gasteiger charge is 2.15. The Balaban J connectivity index is 2.25. The van der Waals surface area contributed by atoms with E-state index in [1.807, 2.05) is 26.2 Å². The average Bonchev–Trinajstić information content (AvgIpc) is 2.84. The van der Waals surface area contributed by atoms with Gasteiger partial charge in [-0.25, -0.2) is 4.79 Å². The molecule has 0 saturated heterocycles. The Morgan fingerprint density at radius 1 is 1.43 bits per heavy atom. The average molecular weight is 345 g/mol. The normalized spacial score (nSPS) is 12.9. The van der Waals surface area contributed by atoms with E-state index in [-0.39, 0.29) is 10.9 Å². The molecule has 1 heterocycles. The summed E-state index contributed by atoms with van der Waals surface area (Å²) in [5.74, 6) is 0. The molecule has 0 aliphatic rings. The van der Waals surface area contributed by atoms with Gasteiger partial charge in [-0.3, -0.25) is 4.79 Å². The van der Waals surface area contributed by atoms with Crippen LogP contribution in [0.4, 0.5) is 4.79 Å². The van der Waals surface area contributed by atoms with Crippen LogP contribution < -0.4 is 15.5 Å². The second-order valence-corrected chi connectivity index (χ2v) is 7.12. The number of alkyl carbamates (subject to hydrolysis) is 1. The SMILES string of the molecule is COCC(CCCNC(=O)OC(C)(C)C)NCc1csc(=O)[nH]1. The number of rotatable bonds is 9. The number of thiazole rings is 1. The molecule has 3 N–H and O–H groups in total. The minimum Gasteiger partial charge on any atom is -0.444 e. The molecular weight excluding hydrogens is 318 g/mol. The summed E-state index contributed by atoms with van der Waals surface area (Å²) in [5.41, 5.74) is 0.384. The molecule has 132 valence electrons. The molecule has 0 spiro atoms. The number of H-pyrrole nitrogens is 1. The van der Waals surface area contributed by atoms with Crippen LogP contribution in [-0.4, -0.2) is 43.0 Å². The van der Waals surface area contributed by atoms with Crippen LogP contribution in [0.5, 0.6) is 0 Å². The zero-order valence-electron chi connectivity index (χ0n) is 14.2. The monoisotopic (exact) mass is 345 g/mol. The highest BCUT2D eigenvalue weighted by atomic mass is 32.1. The molecular formula is C15H27N3O4S. The molecule has 8 heteroatoms. The van der Waals surface area contributed by atoms with Crippen LogP contribution in [0.25, 0.3) is 0 Å². The highest BCUT2D eigenvalue weighted by Crippen LogP contribution is 2.06. The third kappa shape index (κ3) is 9.37. The number of carbonyl (C=O) groups is 1. The molecule has 1 aromatic rings. The summed E-state index contributed by atoms with van der Waals surface area (Å²) >= 11 is 1.15. The number of nitrogens with one attached hydrogen (secondary N) is 3. The molecule has 1 unspecified atom stereocenters. The summed E-state index contributed by atoms with van der Waals surface area (Å²) in [6.07, 6.45) is 1.25. The lowest BCUT2D eigenvalue weighted by Gasteiger charge is -2.20. The number of aromatic nitrogens is 1. The van der Waals surface area contributed by atoms with Crippen molar-refractivity contribution in [1.29, 1.82) is 0 Å². The van der Waals surface area contributed by atoms with Crippen molar-refractivity contribution in [3.8, 4) is 0 Å². The van der Waals surface area contributed by atoms with Crippen molar-refractivity contribution in [2.24, 2.45) is 0 Å². The Morgan fingerprint density at radius 2 is 2.17 bits per heavy atom. The Hall–Kier alpha value is -1.38. The number of ether oxygens (including phenoxy) is 2. The second-order valence-electron chi connectivity index (χ2n) is 6.28. The summed E-state index contributed by atoms with van der Waals surface area (Å²) in [6.45, 7) is 7.21. The van der Waals surface area contributed by atoms with Crippen molar-refractivity contribution in [3.05, 3.63) is 20.7 Å². The minimum atomic E-state index is -0.484. The summed E-state index contributed by atoms with van der Waals surface area (Å²) in [5, 5.41) is 7.89. The maximum absolute atomic E-state index is 11.5. The lowest BCUT2D eigenvalue weighted by Crippen LogP contribution is -2.35. The van der Waals surface area contributed by atoms with Gasteiger partial charge < -0.3 is 25.1 Å². The van der Waals surface area contributed by atoms with Crippen LogP contribution in [0, 0.1) is 0 Å². The first kappa shape index (κ1) is 19.7. The van der Waals surface area contributed by atoms with E-state index in [2.05, 4.69) is 15.6 Å². The van der Waals surface area contributed by atoms with Crippen LogP contribution in [0.2, 0.25) is 0 Å². The van der Waals surface area contributed by atoms with E-state index in [1.54, 1.807) is 7.11 Å². The molecule has 0 aromatic carbocycles. The number of amides is 1. The fourth-order valence-corrected chi connectivity index (χ4v) is 2.53. The highest BCUT2D eigenvalue weighted by molar-refractivity contribution is 7.07. The largest absolute Gasteiger partial charge is 0.444 e. The number of hydrogen-bond donors (Lipinski definition) is 3. The summed E-state index contributed by atoms with van der Waals surface area (Å²) < 4.78 is 10.4. The van der Waals surface area contributed by atoms with E-state index in [1.165, 1.54) is 0 Å². The zero-order chi connectivity index (χ0) is 17.3.